The topological polar surface area (TPSA) is 105 Å². The van der Waals surface area contributed by atoms with Gasteiger partial charge in [-0.2, -0.15) is 13.2 Å². The largest absolute Gasteiger partial charge is 0.480 e. The molecule has 0 aliphatic rings. The number of aliphatic carboxylic acids is 1. The summed E-state index contributed by atoms with van der Waals surface area (Å²) in [5.41, 5.74) is 0. The molecule has 10 heteroatoms. The molecule has 0 aliphatic heterocycles. The number of halogens is 3. The third-order valence-electron chi connectivity index (χ3n) is 3.03. The monoisotopic (exact) mass is 342 g/mol. The minimum atomic E-state index is -4.82. The van der Waals surface area contributed by atoms with Gasteiger partial charge >= 0.3 is 18.1 Å². The van der Waals surface area contributed by atoms with Gasteiger partial charge in [-0.1, -0.05) is 13.8 Å². The summed E-state index contributed by atoms with van der Waals surface area (Å²) in [5.74, 6) is -3.92. The molecule has 0 saturated carbocycles. The second-order valence-electron chi connectivity index (χ2n) is 5.34. The fourth-order valence-corrected chi connectivity index (χ4v) is 1.76. The molecule has 0 aromatic carbocycles. The summed E-state index contributed by atoms with van der Waals surface area (Å²) in [7, 11) is 1.07. The van der Waals surface area contributed by atoms with Crippen molar-refractivity contribution in [1.29, 1.82) is 0 Å². The van der Waals surface area contributed by atoms with E-state index < -0.39 is 54.5 Å². The Morgan fingerprint density at radius 2 is 1.70 bits per heavy atom. The molecule has 0 fully saturated rings. The van der Waals surface area contributed by atoms with Crippen LogP contribution in [0.15, 0.2) is 0 Å². The van der Waals surface area contributed by atoms with Crippen molar-refractivity contribution in [3.63, 3.8) is 0 Å². The molecule has 0 spiro atoms. The van der Waals surface area contributed by atoms with Crippen molar-refractivity contribution in [3.05, 3.63) is 0 Å². The predicted octanol–water partition coefficient (Wildman–Crippen LogP) is 0.684. The Morgan fingerprint density at radius 3 is 2.04 bits per heavy atom. The molecule has 3 atom stereocenters. The van der Waals surface area contributed by atoms with E-state index in [0.29, 0.717) is 0 Å². The van der Waals surface area contributed by atoms with Gasteiger partial charge in [-0.25, -0.2) is 4.79 Å². The van der Waals surface area contributed by atoms with Gasteiger partial charge in [0.2, 0.25) is 5.91 Å². The van der Waals surface area contributed by atoms with Crippen molar-refractivity contribution in [2.24, 2.45) is 5.92 Å². The molecule has 7 nitrogen and oxygen atoms in total. The van der Waals surface area contributed by atoms with E-state index in [4.69, 9.17) is 5.11 Å². The highest BCUT2D eigenvalue weighted by Crippen LogP contribution is 2.24. The lowest BCUT2D eigenvalue weighted by atomic mass is 10.0. The van der Waals surface area contributed by atoms with Gasteiger partial charge in [0.1, 0.15) is 18.1 Å². The molecule has 0 aromatic rings. The second kappa shape index (κ2) is 8.70. The molecular weight excluding hydrogens is 321 g/mol. The maximum absolute atomic E-state index is 13.0. The van der Waals surface area contributed by atoms with Gasteiger partial charge in [-0.05, 0) is 12.8 Å². The van der Waals surface area contributed by atoms with Gasteiger partial charge < -0.3 is 15.2 Å². The maximum Gasteiger partial charge on any atom is 0.404 e. The zero-order valence-corrected chi connectivity index (χ0v) is 13.2. The van der Waals surface area contributed by atoms with E-state index >= 15 is 0 Å². The number of esters is 1. The van der Waals surface area contributed by atoms with Crippen LogP contribution >= 0.6 is 0 Å². The summed E-state index contributed by atoms with van der Waals surface area (Å²) in [6.07, 6.45) is -5.88. The van der Waals surface area contributed by atoms with Gasteiger partial charge in [0.25, 0.3) is 0 Å². The van der Waals surface area contributed by atoms with E-state index in [0.717, 1.165) is 7.11 Å². The van der Waals surface area contributed by atoms with Crippen LogP contribution in [0.1, 0.15) is 27.2 Å². The number of alkyl halides is 3. The Labute approximate surface area is 131 Å². The molecule has 0 heterocycles. The predicted molar refractivity (Wildman–Crippen MR) is 73.5 cm³/mol. The number of hydrogen-bond acceptors (Lipinski definition) is 5. The molecular formula is C13H21F3N2O5. The Bertz CT molecular complexity index is 440. The van der Waals surface area contributed by atoms with Crippen LogP contribution in [0.2, 0.25) is 0 Å². The number of carboxylic acid groups (broad SMARTS) is 1. The Morgan fingerprint density at radius 1 is 1.17 bits per heavy atom. The lowest BCUT2D eigenvalue weighted by molar-refractivity contribution is -0.167. The van der Waals surface area contributed by atoms with E-state index in [9.17, 15) is 27.6 Å². The summed E-state index contributed by atoms with van der Waals surface area (Å²) in [4.78, 5) is 33.8. The number of carboxylic acids is 1. The van der Waals surface area contributed by atoms with Crippen molar-refractivity contribution >= 4 is 17.8 Å². The van der Waals surface area contributed by atoms with Crippen LogP contribution in [-0.4, -0.2) is 54.4 Å². The minimum Gasteiger partial charge on any atom is -0.480 e. The van der Waals surface area contributed by atoms with Gasteiger partial charge in [-0.3, -0.25) is 14.9 Å². The van der Waals surface area contributed by atoms with Crippen LogP contribution in [0.4, 0.5) is 13.2 Å². The number of carbonyl (C=O) groups is 3. The van der Waals surface area contributed by atoms with Crippen molar-refractivity contribution < 1.29 is 37.4 Å². The maximum atomic E-state index is 13.0. The highest BCUT2D eigenvalue weighted by Gasteiger charge is 2.43. The van der Waals surface area contributed by atoms with Crippen LogP contribution in [0, 0.1) is 5.92 Å². The average molecular weight is 342 g/mol. The Hall–Kier alpha value is -1.84. The molecule has 0 radical (unpaired) electrons. The fraction of sp³-hybridized carbons (Fsp3) is 0.769. The number of amides is 1. The number of hydrogen-bond donors (Lipinski definition) is 3. The molecule has 0 saturated heterocycles. The second-order valence-corrected chi connectivity index (χ2v) is 5.34. The molecule has 23 heavy (non-hydrogen) atoms. The van der Waals surface area contributed by atoms with Crippen LogP contribution < -0.4 is 10.6 Å². The third kappa shape index (κ3) is 7.31. The highest BCUT2D eigenvalue weighted by atomic mass is 19.4. The number of rotatable bonds is 8. The molecule has 134 valence electrons. The Balaban J connectivity index is 4.97. The zero-order chi connectivity index (χ0) is 18.4. The van der Waals surface area contributed by atoms with E-state index in [1.54, 1.807) is 0 Å². The molecule has 1 amide bonds. The average Bonchev–Trinajstić information content (AvgIpc) is 2.39. The van der Waals surface area contributed by atoms with E-state index in [-0.39, 0.29) is 0 Å². The SMILES string of the molecule is COC(=O)[C@@H](C)NC(=O)CC(N[C@H](C(=O)O)C(C)C)C(F)(F)F. The molecule has 0 aromatic heterocycles. The van der Waals surface area contributed by atoms with Crippen LogP contribution in [-0.2, 0) is 19.1 Å². The first-order valence-corrected chi connectivity index (χ1v) is 6.82. The summed E-state index contributed by atoms with van der Waals surface area (Å²) in [6.45, 7) is 4.14. The van der Waals surface area contributed by atoms with Gasteiger partial charge in [0, 0.05) is 0 Å². The normalized spacial score (nSPS) is 15.7. The molecule has 3 N–H and O–H groups in total. The molecule has 0 aliphatic carbocycles. The Kier molecular flexibility index (Phi) is 8.01. The number of carbonyl (C=O) groups excluding carboxylic acids is 2. The van der Waals surface area contributed by atoms with Crippen molar-refractivity contribution in [2.75, 3.05) is 7.11 Å². The first-order valence-electron chi connectivity index (χ1n) is 6.82. The standard InChI is InChI=1S/C13H21F3N2O5/c1-6(2)10(11(20)21)18-8(13(14,15)16)5-9(19)17-7(3)12(22)23-4/h6-8,10,18H,5H2,1-4H3,(H,17,19)(H,20,21)/t7-,8?,10+/m1/s1. The quantitative estimate of drug-likeness (QED) is 0.561. The fourth-order valence-electron chi connectivity index (χ4n) is 1.76. The van der Waals surface area contributed by atoms with Crippen LogP contribution in [0.25, 0.3) is 0 Å². The van der Waals surface area contributed by atoms with Crippen molar-refractivity contribution in [1.82, 2.24) is 10.6 Å². The summed E-state index contributed by atoms with van der Waals surface area (Å²) >= 11 is 0. The zero-order valence-electron chi connectivity index (χ0n) is 13.2. The van der Waals surface area contributed by atoms with Crippen molar-refractivity contribution in [2.45, 2.75) is 51.5 Å². The summed E-state index contributed by atoms with van der Waals surface area (Å²) in [5, 5.41) is 13.0. The number of methoxy groups -OCH3 is 1. The number of nitrogens with one attached hydrogen (secondary N) is 2. The minimum absolute atomic E-state index is 0.616. The number of ether oxygens (including phenoxy) is 1. The lowest BCUT2D eigenvalue weighted by Crippen LogP contribution is -2.54. The first-order chi connectivity index (χ1) is 10.4. The molecule has 1 unspecified atom stereocenters. The van der Waals surface area contributed by atoms with Crippen LogP contribution in [0.3, 0.4) is 0 Å². The lowest BCUT2D eigenvalue weighted by Gasteiger charge is -2.27. The van der Waals surface area contributed by atoms with Gasteiger partial charge in [0.15, 0.2) is 0 Å². The van der Waals surface area contributed by atoms with E-state index in [1.807, 2.05) is 5.32 Å². The smallest absolute Gasteiger partial charge is 0.404 e. The molecule has 0 bridgehead atoms. The third-order valence-corrected chi connectivity index (χ3v) is 3.03. The summed E-state index contributed by atoms with van der Waals surface area (Å²) in [6, 6.07) is -4.93. The first kappa shape index (κ1) is 21.2. The summed E-state index contributed by atoms with van der Waals surface area (Å²) < 4.78 is 43.4. The van der Waals surface area contributed by atoms with Gasteiger partial charge in [0.05, 0.1) is 13.5 Å². The van der Waals surface area contributed by atoms with Crippen molar-refractivity contribution in [3.8, 4) is 0 Å². The van der Waals surface area contributed by atoms with Crippen LogP contribution in [0.5, 0.6) is 0 Å². The van der Waals surface area contributed by atoms with Gasteiger partial charge in [-0.15, -0.1) is 0 Å². The highest BCUT2D eigenvalue weighted by molar-refractivity contribution is 5.84. The molecule has 0 rings (SSSR count). The van der Waals surface area contributed by atoms with E-state index in [1.165, 1.54) is 20.8 Å². The van der Waals surface area contributed by atoms with E-state index in [2.05, 4.69) is 10.1 Å².